The van der Waals surface area contributed by atoms with Gasteiger partial charge in [0.1, 0.15) is 0 Å². The summed E-state index contributed by atoms with van der Waals surface area (Å²) in [7, 11) is 1.88. The zero-order chi connectivity index (χ0) is 15.0. The highest BCUT2D eigenvalue weighted by molar-refractivity contribution is 8.00. The van der Waals surface area contributed by atoms with Crippen LogP contribution in [0.1, 0.15) is 33.6 Å². The van der Waals surface area contributed by atoms with Crippen molar-refractivity contribution in [3.05, 3.63) is 0 Å². The van der Waals surface area contributed by atoms with Crippen molar-refractivity contribution >= 4 is 17.7 Å². The van der Waals surface area contributed by atoms with Gasteiger partial charge < -0.3 is 10.6 Å². The second-order valence-electron chi connectivity index (χ2n) is 4.57. The van der Waals surface area contributed by atoms with Gasteiger partial charge in [-0.3, -0.25) is 4.79 Å². The molecule has 1 rings (SSSR count). The van der Waals surface area contributed by atoms with Crippen LogP contribution in [0.2, 0.25) is 0 Å². The van der Waals surface area contributed by atoms with E-state index < -0.39 is 0 Å². The van der Waals surface area contributed by atoms with Crippen LogP contribution < -0.4 is 10.6 Å². The summed E-state index contributed by atoms with van der Waals surface area (Å²) in [5.74, 6) is 0.0341. The molecule has 0 aliphatic rings. The largest absolute Gasteiger partial charge is 0.352 e. The SMILES string of the molecule is CCC(CC)NC(=O)C(C)Sc1nnnn1CCNC. The summed E-state index contributed by atoms with van der Waals surface area (Å²) in [5, 5.41) is 18.1. The number of rotatable bonds is 9. The molecule has 0 saturated carbocycles. The zero-order valence-electron chi connectivity index (χ0n) is 12.6. The van der Waals surface area contributed by atoms with Gasteiger partial charge in [-0.1, -0.05) is 25.6 Å². The molecule has 0 radical (unpaired) electrons. The molecule has 1 aromatic heterocycles. The maximum Gasteiger partial charge on any atom is 0.233 e. The maximum absolute atomic E-state index is 12.1. The fourth-order valence-corrected chi connectivity index (χ4v) is 2.49. The minimum absolute atomic E-state index is 0.0341. The molecular weight excluding hydrogens is 276 g/mol. The van der Waals surface area contributed by atoms with E-state index in [0.717, 1.165) is 19.4 Å². The van der Waals surface area contributed by atoms with Gasteiger partial charge in [-0.25, -0.2) is 4.68 Å². The number of likely N-dealkylation sites (N-methyl/N-ethyl adjacent to an activating group) is 1. The van der Waals surface area contributed by atoms with E-state index in [9.17, 15) is 4.79 Å². The van der Waals surface area contributed by atoms with Crippen molar-refractivity contribution in [3.63, 3.8) is 0 Å². The smallest absolute Gasteiger partial charge is 0.233 e. The lowest BCUT2D eigenvalue weighted by atomic mass is 10.2. The van der Waals surface area contributed by atoms with Gasteiger partial charge in [0.25, 0.3) is 0 Å². The van der Waals surface area contributed by atoms with E-state index >= 15 is 0 Å². The zero-order valence-corrected chi connectivity index (χ0v) is 13.4. The molecule has 0 fully saturated rings. The molecule has 2 N–H and O–H groups in total. The highest BCUT2D eigenvalue weighted by Gasteiger charge is 2.20. The Balaban J connectivity index is 2.54. The van der Waals surface area contributed by atoms with Crippen LogP contribution in [0.5, 0.6) is 0 Å². The molecule has 0 saturated heterocycles. The molecular formula is C12H24N6OS. The predicted octanol–water partition coefficient (Wildman–Crippen LogP) is 0.678. The number of aromatic nitrogens is 4. The Hall–Kier alpha value is -1.15. The number of tetrazole rings is 1. The van der Waals surface area contributed by atoms with Crippen LogP contribution in [0.25, 0.3) is 0 Å². The van der Waals surface area contributed by atoms with Crippen LogP contribution in [0.3, 0.4) is 0 Å². The fraction of sp³-hybridized carbons (Fsp3) is 0.833. The van der Waals surface area contributed by atoms with Gasteiger partial charge in [-0.2, -0.15) is 0 Å². The number of amides is 1. The number of hydrogen-bond donors (Lipinski definition) is 2. The molecule has 20 heavy (non-hydrogen) atoms. The van der Waals surface area contributed by atoms with E-state index in [-0.39, 0.29) is 17.2 Å². The van der Waals surface area contributed by atoms with Crippen LogP contribution in [0.15, 0.2) is 5.16 Å². The van der Waals surface area contributed by atoms with Crippen LogP contribution in [-0.4, -0.2) is 51.0 Å². The normalized spacial score (nSPS) is 12.7. The molecule has 1 unspecified atom stereocenters. The van der Waals surface area contributed by atoms with Crippen molar-refractivity contribution in [1.82, 2.24) is 30.8 Å². The summed E-state index contributed by atoms with van der Waals surface area (Å²) in [6, 6.07) is 0.242. The monoisotopic (exact) mass is 300 g/mol. The molecule has 0 aliphatic carbocycles. The minimum Gasteiger partial charge on any atom is -0.352 e. The lowest BCUT2D eigenvalue weighted by molar-refractivity contribution is -0.121. The molecule has 1 heterocycles. The Morgan fingerprint density at radius 2 is 2.10 bits per heavy atom. The Labute approximate surface area is 124 Å². The standard InChI is InChI=1S/C12H24N6OS/c1-5-10(6-2)14-11(19)9(3)20-12-15-16-17-18(12)8-7-13-4/h9-10,13H,5-8H2,1-4H3,(H,14,19). The molecule has 8 heteroatoms. The van der Waals surface area contributed by atoms with E-state index in [1.165, 1.54) is 11.8 Å². The minimum atomic E-state index is -0.213. The van der Waals surface area contributed by atoms with Crippen molar-refractivity contribution in [1.29, 1.82) is 0 Å². The van der Waals surface area contributed by atoms with Crippen molar-refractivity contribution < 1.29 is 4.79 Å². The Bertz CT molecular complexity index is 406. The third kappa shape index (κ3) is 5.09. The summed E-state index contributed by atoms with van der Waals surface area (Å²) < 4.78 is 1.71. The van der Waals surface area contributed by atoms with Gasteiger partial charge in [0.2, 0.25) is 11.1 Å². The van der Waals surface area contributed by atoms with E-state index in [4.69, 9.17) is 0 Å². The average Bonchev–Trinajstić information content (AvgIpc) is 2.89. The van der Waals surface area contributed by atoms with Crippen LogP contribution in [0, 0.1) is 0 Å². The quantitative estimate of drug-likeness (QED) is 0.652. The first-order chi connectivity index (χ1) is 9.62. The van der Waals surface area contributed by atoms with Crippen LogP contribution >= 0.6 is 11.8 Å². The predicted molar refractivity (Wildman–Crippen MR) is 79.6 cm³/mol. The van der Waals surface area contributed by atoms with Crippen LogP contribution in [-0.2, 0) is 11.3 Å². The molecule has 114 valence electrons. The van der Waals surface area contributed by atoms with Crippen molar-refractivity contribution in [2.24, 2.45) is 0 Å². The van der Waals surface area contributed by atoms with Gasteiger partial charge in [-0.15, -0.1) is 5.10 Å². The van der Waals surface area contributed by atoms with Gasteiger partial charge in [-0.05, 0) is 37.2 Å². The molecule has 0 aliphatic heterocycles. The third-order valence-electron chi connectivity index (χ3n) is 3.06. The number of thioether (sulfide) groups is 1. The summed E-state index contributed by atoms with van der Waals surface area (Å²) in [6.45, 7) is 7.49. The average molecular weight is 300 g/mol. The van der Waals surface area contributed by atoms with Gasteiger partial charge in [0.15, 0.2) is 0 Å². The first-order valence-electron chi connectivity index (χ1n) is 7.00. The molecule has 1 aromatic rings. The summed E-state index contributed by atoms with van der Waals surface area (Å²) >= 11 is 1.39. The highest BCUT2D eigenvalue weighted by Crippen LogP contribution is 2.20. The first-order valence-corrected chi connectivity index (χ1v) is 7.88. The number of nitrogens with one attached hydrogen (secondary N) is 2. The summed E-state index contributed by atoms with van der Waals surface area (Å²) in [6.07, 6.45) is 1.89. The molecule has 1 amide bonds. The first kappa shape index (κ1) is 16.9. The second-order valence-corrected chi connectivity index (χ2v) is 5.88. The van der Waals surface area contributed by atoms with Gasteiger partial charge in [0.05, 0.1) is 11.8 Å². The fourth-order valence-electron chi connectivity index (χ4n) is 1.66. The van der Waals surface area contributed by atoms with E-state index in [1.54, 1.807) is 4.68 Å². The molecule has 0 bridgehead atoms. The molecule has 0 aromatic carbocycles. The van der Waals surface area contributed by atoms with E-state index in [0.29, 0.717) is 11.7 Å². The molecule has 7 nitrogen and oxygen atoms in total. The second kappa shape index (κ2) is 8.91. The van der Waals surface area contributed by atoms with Crippen LogP contribution in [0.4, 0.5) is 0 Å². The number of carbonyl (C=O) groups excluding carboxylic acids is 1. The van der Waals surface area contributed by atoms with E-state index in [2.05, 4.69) is 40.0 Å². The highest BCUT2D eigenvalue weighted by atomic mass is 32.2. The Morgan fingerprint density at radius 3 is 2.70 bits per heavy atom. The van der Waals surface area contributed by atoms with Gasteiger partial charge >= 0.3 is 0 Å². The third-order valence-corrected chi connectivity index (χ3v) is 4.13. The summed E-state index contributed by atoms with van der Waals surface area (Å²) in [4.78, 5) is 12.1. The van der Waals surface area contributed by atoms with Crippen molar-refractivity contribution in [3.8, 4) is 0 Å². The molecule has 0 spiro atoms. The topological polar surface area (TPSA) is 84.7 Å². The lowest BCUT2D eigenvalue weighted by Crippen LogP contribution is -2.38. The Kier molecular flexibility index (Phi) is 7.53. The van der Waals surface area contributed by atoms with Gasteiger partial charge in [0, 0.05) is 12.6 Å². The summed E-state index contributed by atoms with van der Waals surface area (Å²) in [5.41, 5.74) is 0. The lowest BCUT2D eigenvalue weighted by Gasteiger charge is -2.17. The Morgan fingerprint density at radius 1 is 1.40 bits per heavy atom. The maximum atomic E-state index is 12.1. The number of carbonyl (C=O) groups is 1. The van der Waals surface area contributed by atoms with E-state index in [1.807, 2.05) is 14.0 Å². The van der Waals surface area contributed by atoms with Crippen molar-refractivity contribution in [2.45, 2.75) is 56.6 Å². The van der Waals surface area contributed by atoms with Crippen molar-refractivity contribution in [2.75, 3.05) is 13.6 Å². The molecule has 1 atom stereocenters. The number of hydrogen-bond acceptors (Lipinski definition) is 6. The number of nitrogens with zero attached hydrogens (tertiary/aromatic N) is 4.